The van der Waals surface area contributed by atoms with E-state index in [9.17, 15) is 24.6 Å². The summed E-state index contributed by atoms with van der Waals surface area (Å²) < 4.78 is 5.82. The largest absolute Gasteiger partial charge is 0.477 e. The van der Waals surface area contributed by atoms with Gasteiger partial charge in [0.1, 0.15) is 23.2 Å². The third-order valence-electron chi connectivity index (χ3n) is 6.48. The Balaban J connectivity index is 1.33. The molecule has 2 amide bonds. The number of hydrogen-bond donors (Lipinski definition) is 4. The SMILES string of the molecule is Nc1nc(/C(=N/OC2CCCC2)C(=O)NC2C(=O)N3C(C(=O)O)=C(C[n+]4cccc(CO)c4)CS[C@H]23)ns1. The summed E-state index contributed by atoms with van der Waals surface area (Å²) in [6, 6.07) is 2.56. The van der Waals surface area contributed by atoms with E-state index in [0.717, 1.165) is 37.2 Å². The number of carboxylic acids is 1. The van der Waals surface area contributed by atoms with Crippen LogP contribution in [0.4, 0.5) is 5.13 Å². The Kier molecular flexibility index (Phi) is 7.58. The van der Waals surface area contributed by atoms with E-state index in [1.165, 1.54) is 16.7 Å². The van der Waals surface area contributed by atoms with Crippen LogP contribution in [0.1, 0.15) is 37.1 Å². The third-order valence-corrected chi connectivity index (χ3v) is 8.36. The molecule has 0 spiro atoms. The molecule has 3 aliphatic rings. The number of aliphatic hydroxyl groups excluding tert-OH is 1. The summed E-state index contributed by atoms with van der Waals surface area (Å²) in [4.78, 5) is 49.3. The van der Waals surface area contributed by atoms with E-state index in [0.29, 0.717) is 16.9 Å². The summed E-state index contributed by atoms with van der Waals surface area (Å²) in [6.45, 7) is 0.0940. The summed E-state index contributed by atoms with van der Waals surface area (Å²) in [5, 5.41) is 25.6. The number of β-lactam (4-membered cyclic amide) rings is 1. The zero-order valence-electron chi connectivity index (χ0n) is 20.1. The fourth-order valence-corrected chi connectivity index (χ4v) is 6.41. The highest BCUT2D eigenvalue weighted by Crippen LogP contribution is 2.40. The highest BCUT2D eigenvalue weighted by Gasteiger charge is 2.55. The van der Waals surface area contributed by atoms with Crippen LogP contribution in [-0.2, 0) is 32.4 Å². The van der Waals surface area contributed by atoms with Crippen molar-refractivity contribution in [2.45, 2.75) is 56.4 Å². The molecule has 5 rings (SSSR count). The Labute approximate surface area is 225 Å². The van der Waals surface area contributed by atoms with Gasteiger partial charge in [-0.25, -0.2) is 9.36 Å². The number of aromatic nitrogens is 3. The molecular formula is C23H26N7O6S2+. The molecule has 5 N–H and O–H groups in total. The number of oxime groups is 1. The van der Waals surface area contributed by atoms with Crippen LogP contribution in [0, 0.1) is 0 Å². The number of hydrogen-bond acceptors (Lipinski definition) is 11. The van der Waals surface area contributed by atoms with Gasteiger partial charge < -0.3 is 26.1 Å². The number of anilines is 1. The van der Waals surface area contributed by atoms with Gasteiger partial charge in [0.2, 0.25) is 11.5 Å². The first-order valence-electron chi connectivity index (χ1n) is 12.0. The molecular weight excluding hydrogens is 534 g/mol. The van der Waals surface area contributed by atoms with Crippen molar-refractivity contribution in [3.63, 3.8) is 0 Å². The van der Waals surface area contributed by atoms with Crippen LogP contribution in [0.25, 0.3) is 0 Å². The molecule has 15 heteroatoms. The van der Waals surface area contributed by atoms with E-state index >= 15 is 0 Å². The van der Waals surface area contributed by atoms with Gasteiger partial charge in [0, 0.05) is 34.5 Å². The third kappa shape index (κ3) is 5.21. The second kappa shape index (κ2) is 11.0. The maximum Gasteiger partial charge on any atom is 0.352 e. The molecule has 1 aliphatic carbocycles. The van der Waals surface area contributed by atoms with Crippen LogP contribution in [0.5, 0.6) is 0 Å². The second-order valence-corrected chi connectivity index (χ2v) is 11.0. The van der Waals surface area contributed by atoms with Crippen molar-refractivity contribution < 1.29 is 34.0 Å². The molecule has 0 bridgehead atoms. The number of aliphatic hydroxyl groups is 1. The van der Waals surface area contributed by atoms with Gasteiger partial charge in [-0.15, -0.1) is 11.8 Å². The molecule has 0 aromatic carbocycles. The van der Waals surface area contributed by atoms with Gasteiger partial charge in [-0.2, -0.15) is 9.36 Å². The van der Waals surface area contributed by atoms with Crippen molar-refractivity contribution in [2.75, 3.05) is 11.5 Å². The zero-order chi connectivity index (χ0) is 26.8. The molecule has 2 atom stereocenters. The lowest BCUT2D eigenvalue weighted by Crippen LogP contribution is -2.71. The maximum atomic E-state index is 13.2. The number of nitrogens with zero attached hydrogens (tertiary/aromatic N) is 5. The van der Waals surface area contributed by atoms with Gasteiger partial charge in [0.05, 0.1) is 6.61 Å². The molecule has 1 saturated heterocycles. The molecule has 2 fully saturated rings. The molecule has 38 heavy (non-hydrogen) atoms. The van der Waals surface area contributed by atoms with Gasteiger partial charge >= 0.3 is 5.97 Å². The summed E-state index contributed by atoms with van der Waals surface area (Å²) >= 11 is 2.26. The Morgan fingerprint density at radius 1 is 1.34 bits per heavy atom. The fraction of sp³-hybridized carbons (Fsp3) is 0.435. The number of nitrogens with two attached hydrogens (primary N) is 1. The average Bonchev–Trinajstić information content (AvgIpc) is 3.59. The fourth-order valence-electron chi connectivity index (χ4n) is 4.64. The molecule has 200 valence electrons. The Morgan fingerprint density at radius 3 is 2.82 bits per heavy atom. The summed E-state index contributed by atoms with van der Waals surface area (Å²) in [5.74, 6) is -2.13. The second-order valence-electron chi connectivity index (χ2n) is 9.07. The number of carboxylic acid groups (broad SMARTS) is 1. The molecule has 2 aromatic heterocycles. The number of carbonyl (C=O) groups excluding carboxylic acids is 2. The number of aliphatic carboxylic acids is 1. The van der Waals surface area contributed by atoms with Crippen LogP contribution in [0.2, 0.25) is 0 Å². The highest BCUT2D eigenvalue weighted by atomic mass is 32.2. The number of pyridine rings is 1. The van der Waals surface area contributed by atoms with Gasteiger partial charge in [0.25, 0.3) is 11.8 Å². The van der Waals surface area contributed by atoms with Crippen molar-refractivity contribution >= 4 is 51.9 Å². The molecule has 2 aliphatic heterocycles. The van der Waals surface area contributed by atoms with Crippen LogP contribution in [0.3, 0.4) is 0 Å². The van der Waals surface area contributed by atoms with E-state index in [4.69, 9.17) is 10.6 Å². The van der Waals surface area contributed by atoms with E-state index in [2.05, 4.69) is 19.8 Å². The average molecular weight is 561 g/mol. The predicted octanol–water partition coefficient (Wildman–Crippen LogP) is 0.00220. The monoisotopic (exact) mass is 560 g/mol. The molecule has 2 aromatic rings. The highest BCUT2D eigenvalue weighted by molar-refractivity contribution is 8.00. The Bertz CT molecular complexity index is 1320. The number of fused-ring (bicyclic) bond motifs is 1. The smallest absolute Gasteiger partial charge is 0.352 e. The lowest BCUT2D eigenvalue weighted by Gasteiger charge is -2.49. The summed E-state index contributed by atoms with van der Waals surface area (Å²) in [5.41, 5.74) is 6.63. The zero-order valence-corrected chi connectivity index (χ0v) is 21.8. The van der Waals surface area contributed by atoms with Crippen molar-refractivity contribution in [2.24, 2.45) is 5.16 Å². The standard InChI is InChI=1S/C23H25N7O6S2/c24-23-26-18(28-38-23)15(27-36-14-5-1-2-6-14)19(32)25-16-20(33)30-17(22(34)35)13(11-37-21(16)30)9-29-7-3-4-12(8-29)10-31/h3-4,7-8,14,16,21,31H,1-2,5-6,9-11H2,(H3-,24,25,26,28,32,34,35)/p+1/b27-15-/t16?,21-/m1/s1. The predicted molar refractivity (Wildman–Crippen MR) is 136 cm³/mol. The van der Waals surface area contributed by atoms with Crippen LogP contribution < -0.4 is 15.6 Å². The first-order valence-corrected chi connectivity index (χ1v) is 13.8. The Morgan fingerprint density at radius 2 is 2.13 bits per heavy atom. The number of amides is 2. The van der Waals surface area contributed by atoms with Crippen LogP contribution in [-0.4, -0.2) is 71.2 Å². The number of thioether (sulfide) groups is 1. The maximum absolute atomic E-state index is 13.2. The van der Waals surface area contributed by atoms with E-state index in [1.54, 1.807) is 29.1 Å². The lowest BCUT2D eigenvalue weighted by atomic mass is 10.0. The van der Waals surface area contributed by atoms with Gasteiger partial charge in [-0.05, 0) is 31.7 Å². The molecule has 0 radical (unpaired) electrons. The van der Waals surface area contributed by atoms with Crippen molar-refractivity contribution in [1.82, 2.24) is 19.6 Å². The topological polar surface area (TPSA) is 184 Å². The van der Waals surface area contributed by atoms with Crippen LogP contribution >= 0.6 is 23.3 Å². The van der Waals surface area contributed by atoms with Crippen LogP contribution in [0.15, 0.2) is 41.0 Å². The van der Waals surface area contributed by atoms with Crippen molar-refractivity contribution in [1.29, 1.82) is 0 Å². The minimum atomic E-state index is -1.23. The van der Waals surface area contributed by atoms with Gasteiger partial charge in [-0.3, -0.25) is 14.5 Å². The van der Waals surface area contributed by atoms with Crippen molar-refractivity contribution in [3.8, 4) is 0 Å². The normalized spacial score (nSPS) is 21.8. The Hall–Kier alpha value is -3.56. The molecule has 1 unspecified atom stereocenters. The minimum Gasteiger partial charge on any atom is -0.477 e. The first kappa shape index (κ1) is 26.1. The van der Waals surface area contributed by atoms with Crippen molar-refractivity contribution in [3.05, 3.63) is 47.2 Å². The number of rotatable bonds is 9. The first-order chi connectivity index (χ1) is 18.4. The quantitative estimate of drug-likeness (QED) is 0.141. The van der Waals surface area contributed by atoms with E-state index in [1.807, 2.05) is 0 Å². The van der Waals surface area contributed by atoms with E-state index < -0.39 is 29.2 Å². The number of nitrogens with one attached hydrogen (secondary N) is 1. The number of carbonyl (C=O) groups is 3. The molecule has 13 nitrogen and oxygen atoms in total. The summed E-state index contributed by atoms with van der Waals surface area (Å²) in [6.07, 6.45) is 7.06. The van der Waals surface area contributed by atoms with Gasteiger partial charge in [0.15, 0.2) is 24.1 Å². The lowest BCUT2D eigenvalue weighted by molar-refractivity contribution is -0.689. The summed E-state index contributed by atoms with van der Waals surface area (Å²) in [7, 11) is 0. The molecule has 1 saturated carbocycles. The van der Waals surface area contributed by atoms with Gasteiger partial charge in [-0.1, -0.05) is 5.16 Å². The van der Waals surface area contributed by atoms with E-state index in [-0.39, 0.29) is 41.6 Å². The molecule has 4 heterocycles. The number of nitrogen functional groups attached to an aromatic ring is 1. The minimum absolute atomic E-state index is 0.00142.